The quantitative estimate of drug-likeness (QED) is 0.630. The topological polar surface area (TPSA) is 82.5 Å². The molecule has 1 aromatic heterocycles. The van der Waals surface area contributed by atoms with Crippen molar-refractivity contribution in [2.24, 2.45) is 0 Å². The lowest BCUT2D eigenvalue weighted by Crippen LogP contribution is -2.16. The van der Waals surface area contributed by atoms with Crippen molar-refractivity contribution in [3.8, 4) is 0 Å². The summed E-state index contributed by atoms with van der Waals surface area (Å²) in [6.07, 6.45) is 2.64. The largest absolute Gasteiger partial charge is 0.477 e. The average molecular weight is 238 g/mol. The van der Waals surface area contributed by atoms with Crippen LogP contribution in [0.2, 0.25) is 0 Å². The van der Waals surface area contributed by atoms with Gasteiger partial charge in [0.25, 0.3) is 0 Å². The van der Waals surface area contributed by atoms with Gasteiger partial charge in [0.15, 0.2) is 5.69 Å². The Kier molecular flexibility index (Phi) is 5.42. The van der Waals surface area contributed by atoms with E-state index in [1.807, 2.05) is 6.92 Å². The van der Waals surface area contributed by atoms with E-state index in [-0.39, 0.29) is 18.3 Å². The Bertz CT molecular complexity index is 369. The Balaban J connectivity index is 2.50. The maximum atomic E-state index is 10.7. The number of aliphatic hydroxyl groups is 1. The zero-order valence-corrected chi connectivity index (χ0v) is 9.89. The molecule has 1 atom stereocenters. The monoisotopic (exact) mass is 238 g/mol. The summed E-state index contributed by atoms with van der Waals surface area (Å²) < 4.78 is 0. The second kappa shape index (κ2) is 6.85. The van der Waals surface area contributed by atoms with Crippen molar-refractivity contribution in [2.45, 2.75) is 32.2 Å². The predicted octanol–water partition coefficient (Wildman–Crippen LogP) is 1.74. The van der Waals surface area contributed by atoms with E-state index in [1.54, 1.807) is 12.1 Å². The Morgan fingerprint density at radius 2 is 2.24 bits per heavy atom. The molecular formula is C12H18N2O3. The molecule has 0 saturated carbocycles. The SMILES string of the molecule is CC(CCCCO)Nc1cccc(C(=O)O)n1. The lowest BCUT2D eigenvalue weighted by molar-refractivity contribution is 0.0690. The van der Waals surface area contributed by atoms with E-state index in [0.717, 1.165) is 19.3 Å². The maximum Gasteiger partial charge on any atom is 0.354 e. The Morgan fingerprint density at radius 3 is 2.88 bits per heavy atom. The number of carboxylic acid groups (broad SMARTS) is 1. The highest BCUT2D eigenvalue weighted by Crippen LogP contribution is 2.09. The molecule has 1 aromatic rings. The summed E-state index contributed by atoms with van der Waals surface area (Å²) in [6.45, 7) is 2.21. The molecule has 0 radical (unpaired) electrons. The molecule has 0 bridgehead atoms. The number of aromatic nitrogens is 1. The standard InChI is InChI=1S/C12H18N2O3/c1-9(5-2-3-8-15)13-11-7-4-6-10(14-11)12(16)17/h4,6-7,9,15H,2-3,5,8H2,1H3,(H,13,14)(H,16,17). The molecule has 0 aliphatic rings. The Hall–Kier alpha value is -1.62. The fourth-order valence-corrected chi connectivity index (χ4v) is 1.52. The number of anilines is 1. The van der Waals surface area contributed by atoms with Crippen LogP contribution in [-0.4, -0.2) is 33.8 Å². The van der Waals surface area contributed by atoms with Gasteiger partial charge >= 0.3 is 5.97 Å². The van der Waals surface area contributed by atoms with Crippen molar-refractivity contribution in [1.29, 1.82) is 0 Å². The van der Waals surface area contributed by atoms with E-state index < -0.39 is 5.97 Å². The first-order chi connectivity index (χ1) is 8.13. The zero-order chi connectivity index (χ0) is 12.7. The van der Waals surface area contributed by atoms with Crippen molar-refractivity contribution in [3.63, 3.8) is 0 Å². The van der Waals surface area contributed by atoms with Crippen LogP contribution in [0.4, 0.5) is 5.82 Å². The average Bonchev–Trinajstić information content (AvgIpc) is 2.29. The van der Waals surface area contributed by atoms with Crippen LogP contribution in [0.15, 0.2) is 18.2 Å². The fourth-order valence-electron chi connectivity index (χ4n) is 1.52. The van der Waals surface area contributed by atoms with Crippen LogP contribution in [0, 0.1) is 0 Å². The summed E-state index contributed by atoms with van der Waals surface area (Å²) in [7, 11) is 0. The number of hydrogen-bond donors (Lipinski definition) is 3. The minimum absolute atomic E-state index is 0.0394. The van der Waals surface area contributed by atoms with E-state index in [2.05, 4.69) is 10.3 Å². The van der Waals surface area contributed by atoms with Crippen LogP contribution < -0.4 is 5.32 Å². The molecule has 0 aliphatic carbocycles. The Morgan fingerprint density at radius 1 is 1.47 bits per heavy atom. The van der Waals surface area contributed by atoms with E-state index >= 15 is 0 Å². The Labute approximate surface area is 101 Å². The third-order valence-electron chi connectivity index (χ3n) is 2.41. The first kappa shape index (κ1) is 13.4. The first-order valence-electron chi connectivity index (χ1n) is 5.71. The number of nitrogens with zero attached hydrogens (tertiary/aromatic N) is 1. The highest BCUT2D eigenvalue weighted by molar-refractivity contribution is 5.85. The van der Waals surface area contributed by atoms with Gasteiger partial charge in [0.2, 0.25) is 0 Å². The molecule has 94 valence electrons. The van der Waals surface area contributed by atoms with Crippen LogP contribution in [0.5, 0.6) is 0 Å². The van der Waals surface area contributed by atoms with Crippen LogP contribution in [0.1, 0.15) is 36.7 Å². The second-order valence-electron chi connectivity index (χ2n) is 3.98. The second-order valence-corrected chi connectivity index (χ2v) is 3.98. The minimum atomic E-state index is -1.03. The molecule has 0 fully saturated rings. The summed E-state index contributed by atoms with van der Waals surface area (Å²) in [5.41, 5.74) is 0.0394. The van der Waals surface area contributed by atoms with E-state index in [4.69, 9.17) is 10.2 Å². The van der Waals surface area contributed by atoms with E-state index in [1.165, 1.54) is 6.07 Å². The normalized spacial score (nSPS) is 12.1. The third-order valence-corrected chi connectivity index (χ3v) is 2.41. The lowest BCUT2D eigenvalue weighted by Gasteiger charge is -2.14. The number of aromatic carboxylic acids is 1. The zero-order valence-electron chi connectivity index (χ0n) is 9.89. The van der Waals surface area contributed by atoms with Crippen LogP contribution in [-0.2, 0) is 0 Å². The van der Waals surface area contributed by atoms with Gasteiger partial charge in [-0.25, -0.2) is 9.78 Å². The van der Waals surface area contributed by atoms with Crippen LogP contribution in [0.25, 0.3) is 0 Å². The number of carboxylic acids is 1. The van der Waals surface area contributed by atoms with Crippen molar-refractivity contribution >= 4 is 11.8 Å². The number of unbranched alkanes of at least 4 members (excludes halogenated alkanes) is 1. The van der Waals surface area contributed by atoms with Gasteiger partial charge < -0.3 is 15.5 Å². The first-order valence-corrected chi connectivity index (χ1v) is 5.71. The lowest BCUT2D eigenvalue weighted by atomic mass is 10.1. The van der Waals surface area contributed by atoms with Gasteiger partial charge in [-0.2, -0.15) is 0 Å². The number of pyridine rings is 1. The van der Waals surface area contributed by atoms with Gasteiger partial charge in [-0.15, -0.1) is 0 Å². The van der Waals surface area contributed by atoms with Gasteiger partial charge in [0.05, 0.1) is 0 Å². The smallest absolute Gasteiger partial charge is 0.354 e. The van der Waals surface area contributed by atoms with Gasteiger partial charge in [-0.3, -0.25) is 0 Å². The fraction of sp³-hybridized carbons (Fsp3) is 0.500. The molecule has 0 aromatic carbocycles. The molecule has 1 heterocycles. The van der Waals surface area contributed by atoms with Crippen molar-refractivity contribution in [2.75, 3.05) is 11.9 Å². The molecule has 5 heteroatoms. The van der Waals surface area contributed by atoms with E-state index in [0.29, 0.717) is 5.82 Å². The predicted molar refractivity (Wildman–Crippen MR) is 65.2 cm³/mol. The number of aliphatic hydroxyl groups excluding tert-OH is 1. The molecule has 0 amide bonds. The molecule has 0 aliphatic heterocycles. The molecule has 0 spiro atoms. The van der Waals surface area contributed by atoms with Gasteiger partial charge in [-0.05, 0) is 38.3 Å². The number of rotatable bonds is 7. The van der Waals surface area contributed by atoms with Crippen molar-refractivity contribution in [3.05, 3.63) is 23.9 Å². The molecule has 0 saturated heterocycles. The summed E-state index contributed by atoms with van der Waals surface area (Å²) >= 11 is 0. The van der Waals surface area contributed by atoms with Gasteiger partial charge in [0.1, 0.15) is 5.82 Å². The summed E-state index contributed by atoms with van der Waals surface area (Å²) in [6, 6.07) is 5.08. The maximum absolute atomic E-state index is 10.7. The van der Waals surface area contributed by atoms with Gasteiger partial charge in [0, 0.05) is 12.6 Å². The number of carbonyl (C=O) groups is 1. The van der Waals surface area contributed by atoms with Crippen molar-refractivity contribution in [1.82, 2.24) is 4.98 Å². The summed E-state index contributed by atoms with van der Waals surface area (Å²) in [5, 5.41) is 20.6. The highest BCUT2D eigenvalue weighted by Gasteiger charge is 2.07. The van der Waals surface area contributed by atoms with E-state index in [9.17, 15) is 4.79 Å². The summed E-state index contributed by atoms with van der Waals surface area (Å²) in [5.74, 6) is -0.456. The molecule has 3 N–H and O–H groups in total. The number of hydrogen-bond acceptors (Lipinski definition) is 4. The summed E-state index contributed by atoms with van der Waals surface area (Å²) in [4.78, 5) is 14.7. The van der Waals surface area contributed by atoms with Crippen LogP contribution in [0.3, 0.4) is 0 Å². The van der Waals surface area contributed by atoms with Gasteiger partial charge in [-0.1, -0.05) is 6.07 Å². The molecule has 1 rings (SSSR count). The van der Waals surface area contributed by atoms with Crippen molar-refractivity contribution < 1.29 is 15.0 Å². The third kappa shape index (κ3) is 4.82. The molecule has 17 heavy (non-hydrogen) atoms. The molecule has 1 unspecified atom stereocenters. The minimum Gasteiger partial charge on any atom is -0.477 e. The molecule has 5 nitrogen and oxygen atoms in total. The van der Waals surface area contributed by atoms with Crippen LogP contribution >= 0.6 is 0 Å². The highest BCUT2D eigenvalue weighted by atomic mass is 16.4. The molecular weight excluding hydrogens is 220 g/mol. The number of nitrogens with one attached hydrogen (secondary N) is 1.